The molecule has 0 saturated carbocycles. The summed E-state index contributed by atoms with van der Waals surface area (Å²) in [6.07, 6.45) is 3.05. The van der Waals surface area contributed by atoms with Gasteiger partial charge < -0.3 is 4.98 Å². The minimum absolute atomic E-state index is 0.437. The lowest BCUT2D eigenvalue weighted by atomic mass is 9.98. The van der Waals surface area contributed by atoms with Crippen LogP contribution in [0, 0.1) is 6.92 Å². The number of sulfonamides is 1. The second-order valence-corrected chi connectivity index (χ2v) is 7.90. The van der Waals surface area contributed by atoms with E-state index in [-0.39, 0.29) is 0 Å². The third-order valence-electron chi connectivity index (χ3n) is 4.37. The Hall–Kier alpha value is -2.53. The van der Waals surface area contributed by atoms with Gasteiger partial charge >= 0.3 is 0 Å². The highest BCUT2D eigenvalue weighted by molar-refractivity contribution is 7.96. The number of anilines is 1. The van der Waals surface area contributed by atoms with E-state index in [1.165, 1.54) is 5.56 Å². The summed E-state index contributed by atoms with van der Waals surface area (Å²) in [4.78, 5) is 3.67. The monoisotopic (exact) mass is 338 g/mol. The third kappa shape index (κ3) is 2.71. The summed E-state index contributed by atoms with van der Waals surface area (Å²) in [5.41, 5.74) is 4.82. The average molecular weight is 338 g/mol. The molecule has 0 saturated heterocycles. The van der Waals surface area contributed by atoms with E-state index in [0.717, 1.165) is 28.6 Å². The van der Waals surface area contributed by atoms with Crippen LogP contribution in [-0.2, 0) is 16.4 Å². The van der Waals surface area contributed by atoms with E-state index in [4.69, 9.17) is 0 Å². The number of H-pyrrole nitrogens is 1. The molecular formula is C19H18N2O2S. The number of aryl methyl sites for hydroxylation is 2. The zero-order chi connectivity index (χ0) is 16.7. The maximum absolute atomic E-state index is 12.7. The van der Waals surface area contributed by atoms with Crippen molar-refractivity contribution in [2.45, 2.75) is 19.8 Å². The van der Waals surface area contributed by atoms with E-state index < -0.39 is 10.0 Å². The van der Waals surface area contributed by atoms with Gasteiger partial charge in [0.1, 0.15) is 0 Å². The van der Waals surface area contributed by atoms with Gasteiger partial charge in [0, 0.05) is 22.3 Å². The second-order valence-electron chi connectivity index (χ2n) is 6.17. The lowest BCUT2D eigenvalue weighted by Crippen LogP contribution is -2.17. The Morgan fingerprint density at radius 2 is 1.88 bits per heavy atom. The molecule has 0 amide bonds. The molecule has 1 aliphatic rings. The first kappa shape index (κ1) is 15.0. The van der Waals surface area contributed by atoms with Gasteiger partial charge in [-0.3, -0.25) is 4.72 Å². The lowest BCUT2D eigenvalue weighted by molar-refractivity contribution is 0.605. The van der Waals surface area contributed by atoms with E-state index in [2.05, 4.69) is 9.71 Å². The Balaban J connectivity index is 1.66. The van der Waals surface area contributed by atoms with E-state index in [9.17, 15) is 8.42 Å². The first-order valence-corrected chi connectivity index (χ1v) is 9.40. The van der Waals surface area contributed by atoms with Gasteiger partial charge in [0.05, 0.1) is 4.91 Å². The van der Waals surface area contributed by atoms with Crippen molar-refractivity contribution in [3.8, 4) is 0 Å². The Morgan fingerprint density at radius 3 is 2.75 bits per heavy atom. The van der Waals surface area contributed by atoms with Gasteiger partial charge in [0.15, 0.2) is 0 Å². The molecule has 5 heteroatoms. The van der Waals surface area contributed by atoms with Gasteiger partial charge in [-0.2, -0.15) is 0 Å². The van der Waals surface area contributed by atoms with Crippen molar-refractivity contribution >= 4 is 32.7 Å². The maximum atomic E-state index is 12.7. The Bertz CT molecular complexity index is 1060. The molecule has 3 aromatic rings. The first-order valence-electron chi connectivity index (χ1n) is 7.92. The Kier molecular flexibility index (Phi) is 3.46. The molecule has 0 spiro atoms. The number of nitrogens with one attached hydrogen (secondary N) is 2. The molecule has 0 atom stereocenters. The van der Waals surface area contributed by atoms with Crippen molar-refractivity contribution in [3.05, 3.63) is 70.3 Å². The quantitative estimate of drug-likeness (QED) is 0.751. The molecule has 2 aromatic carbocycles. The average Bonchev–Trinajstić information content (AvgIpc) is 2.93. The fourth-order valence-corrected chi connectivity index (χ4v) is 4.40. The van der Waals surface area contributed by atoms with E-state index in [0.29, 0.717) is 17.0 Å². The zero-order valence-electron chi connectivity index (χ0n) is 13.3. The molecule has 0 bridgehead atoms. The van der Waals surface area contributed by atoms with Crippen LogP contribution in [0.4, 0.5) is 5.69 Å². The first-order chi connectivity index (χ1) is 11.5. The molecule has 1 heterocycles. The zero-order valence-corrected chi connectivity index (χ0v) is 14.2. The number of aromatic nitrogens is 1. The molecule has 2 N–H and O–H groups in total. The fourth-order valence-electron chi connectivity index (χ4n) is 3.18. The topological polar surface area (TPSA) is 62.0 Å². The van der Waals surface area contributed by atoms with Crippen molar-refractivity contribution in [3.63, 3.8) is 0 Å². The van der Waals surface area contributed by atoms with Crippen molar-refractivity contribution in [2.75, 3.05) is 4.72 Å². The normalized spacial score (nSPS) is 14.3. The SMILES string of the molecule is Cc1cc2cc(NS(=O)(=O)C3=Cc4ccccc4CC3)ccc2[nH]1. The van der Waals surface area contributed by atoms with Crippen molar-refractivity contribution in [1.29, 1.82) is 0 Å². The van der Waals surface area contributed by atoms with Crippen LogP contribution in [0.1, 0.15) is 23.2 Å². The molecule has 122 valence electrons. The van der Waals surface area contributed by atoms with E-state index in [1.807, 2.05) is 49.4 Å². The van der Waals surface area contributed by atoms with E-state index >= 15 is 0 Å². The highest BCUT2D eigenvalue weighted by Gasteiger charge is 2.21. The Labute approximate surface area is 141 Å². The van der Waals surface area contributed by atoms with Crippen molar-refractivity contribution in [1.82, 2.24) is 4.98 Å². The maximum Gasteiger partial charge on any atom is 0.258 e. The summed E-state index contributed by atoms with van der Waals surface area (Å²) in [7, 11) is -3.54. The summed E-state index contributed by atoms with van der Waals surface area (Å²) in [5, 5.41) is 0.996. The van der Waals surface area contributed by atoms with Crippen molar-refractivity contribution in [2.24, 2.45) is 0 Å². The number of hydrogen-bond acceptors (Lipinski definition) is 2. The van der Waals surface area contributed by atoms with Crippen molar-refractivity contribution < 1.29 is 8.42 Å². The minimum atomic E-state index is -3.54. The summed E-state index contributed by atoms with van der Waals surface area (Å²) in [6, 6.07) is 15.5. The van der Waals surface area contributed by atoms with Crippen LogP contribution in [0.3, 0.4) is 0 Å². The predicted molar refractivity (Wildman–Crippen MR) is 98.3 cm³/mol. The van der Waals surface area contributed by atoms with Gasteiger partial charge in [-0.25, -0.2) is 8.42 Å². The standard InChI is InChI=1S/C19H18N2O2S/c1-13-10-16-11-17(7-9-19(16)20-13)21-24(22,23)18-8-6-14-4-2-3-5-15(14)12-18/h2-5,7,9-12,20-21H,6,8H2,1H3. The van der Waals surface area contributed by atoms with Crippen LogP contribution >= 0.6 is 0 Å². The smallest absolute Gasteiger partial charge is 0.258 e. The van der Waals surface area contributed by atoms with Gasteiger partial charge in [-0.1, -0.05) is 24.3 Å². The highest BCUT2D eigenvalue weighted by Crippen LogP contribution is 2.29. The largest absolute Gasteiger partial charge is 0.359 e. The number of fused-ring (bicyclic) bond motifs is 2. The second kappa shape index (κ2) is 5.53. The van der Waals surface area contributed by atoms with Gasteiger partial charge in [0.25, 0.3) is 10.0 Å². The minimum Gasteiger partial charge on any atom is -0.359 e. The Morgan fingerprint density at radius 1 is 1.04 bits per heavy atom. The molecule has 4 rings (SSSR count). The summed E-state index contributed by atoms with van der Waals surface area (Å²) in [5.74, 6) is 0. The van der Waals surface area contributed by atoms with Gasteiger partial charge in [-0.15, -0.1) is 0 Å². The molecular weight excluding hydrogens is 320 g/mol. The number of aromatic amines is 1. The molecule has 1 aromatic heterocycles. The molecule has 24 heavy (non-hydrogen) atoms. The molecule has 0 aliphatic heterocycles. The molecule has 0 radical (unpaired) electrons. The van der Waals surface area contributed by atoms with Crippen LogP contribution in [0.25, 0.3) is 17.0 Å². The number of hydrogen-bond donors (Lipinski definition) is 2. The number of rotatable bonds is 3. The molecule has 1 aliphatic carbocycles. The lowest BCUT2D eigenvalue weighted by Gasteiger charge is -2.17. The number of benzene rings is 2. The predicted octanol–water partition coefficient (Wildman–Crippen LogP) is 4.21. The third-order valence-corrected chi connectivity index (χ3v) is 5.88. The van der Waals surface area contributed by atoms with Crippen LogP contribution in [-0.4, -0.2) is 13.4 Å². The van der Waals surface area contributed by atoms with Crippen LogP contribution in [0.2, 0.25) is 0 Å². The summed E-state index contributed by atoms with van der Waals surface area (Å²) >= 11 is 0. The van der Waals surface area contributed by atoms with Crippen LogP contribution in [0.5, 0.6) is 0 Å². The van der Waals surface area contributed by atoms with Crippen LogP contribution in [0.15, 0.2) is 53.4 Å². The van der Waals surface area contributed by atoms with Gasteiger partial charge in [0.2, 0.25) is 0 Å². The number of allylic oxidation sites excluding steroid dienone is 1. The molecule has 0 fully saturated rings. The van der Waals surface area contributed by atoms with Crippen LogP contribution < -0.4 is 4.72 Å². The summed E-state index contributed by atoms with van der Waals surface area (Å²) in [6.45, 7) is 1.98. The molecule has 4 nitrogen and oxygen atoms in total. The fraction of sp³-hybridized carbons (Fsp3) is 0.158. The summed E-state index contributed by atoms with van der Waals surface area (Å²) < 4.78 is 28.1. The molecule has 0 unspecified atom stereocenters. The highest BCUT2D eigenvalue weighted by atomic mass is 32.2. The van der Waals surface area contributed by atoms with Gasteiger partial charge in [-0.05, 0) is 61.2 Å². The van der Waals surface area contributed by atoms with E-state index in [1.54, 1.807) is 12.1 Å².